The molecule has 6 heteroatoms. The van der Waals surface area contributed by atoms with Crippen LogP contribution in [0.1, 0.15) is 77.6 Å². The Morgan fingerprint density at radius 1 is 0.697 bits per heavy atom. The van der Waals surface area contributed by atoms with Crippen LogP contribution in [0.2, 0.25) is 0 Å². The maximum absolute atomic E-state index is 14.0. The predicted octanol–water partition coefficient (Wildman–Crippen LogP) is 6.61. The van der Waals surface area contributed by atoms with Crippen LogP contribution in [0.4, 0.5) is 0 Å². The Labute approximate surface area is 200 Å². The van der Waals surface area contributed by atoms with Crippen LogP contribution < -0.4 is 0 Å². The quantitative estimate of drug-likeness (QED) is 0.314. The first-order chi connectivity index (χ1) is 15.9. The van der Waals surface area contributed by atoms with Gasteiger partial charge in [-0.05, 0) is 49.4 Å². The maximum Gasteiger partial charge on any atom is 0.182 e. The van der Waals surface area contributed by atoms with Crippen LogP contribution in [-0.2, 0) is 19.7 Å². The standard InChI is InChI=1S/C27H38O4S2/c1-2-3-4-5-15-22-26(32(28,29)24-18-11-7-12-19-24)27(23-16-9-6-10-17-23)33(30,31)25-20-13-8-14-21-25/h7-8,11-14,18-21,23,26-27H,2-6,9-10,15-17,22H2,1H3/t26-,27+/m0/s1. The van der Waals surface area contributed by atoms with E-state index in [1.165, 1.54) is 0 Å². The molecule has 182 valence electrons. The third-order valence-electron chi connectivity index (χ3n) is 6.97. The number of hydrogen-bond acceptors (Lipinski definition) is 4. The molecule has 1 saturated carbocycles. The molecule has 33 heavy (non-hydrogen) atoms. The van der Waals surface area contributed by atoms with E-state index in [2.05, 4.69) is 6.92 Å². The van der Waals surface area contributed by atoms with Crippen molar-refractivity contribution in [3.63, 3.8) is 0 Å². The molecule has 0 unspecified atom stereocenters. The van der Waals surface area contributed by atoms with Gasteiger partial charge in [0.2, 0.25) is 0 Å². The molecular weight excluding hydrogens is 452 g/mol. The second-order valence-electron chi connectivity index (χ2n) is 9.32. The molecule has 0 bridgehead atoms. The lowest BCUT2D eigenvalue weighted by Gasteiger charge is -2.35. The molecule has 4 nitrogen and oxygen atoms in total. The van der Waals surface area contributed by atoms with Crippen molar-refractivity contribution in [3.05, 3.63) is 60.7 Å². The zero-order valence-corrected chi connectivity index (χ0v) is 21.4. The minimum Gasteiger partial charge on any atom is -0.223 e. The first-order valence-electron chi connectivity index (χ1n) is 12.5. The van der Waals surface area contributed by atoms with Crippen molar-refractivity contribution in [1.29, 1.82) is 0 Å². The summed E-state index contributed by atoms with van der Waals surface area (Å²) in [5.74, 6) is -0.136. The number of sulfone groups is 2. The lowest BCUT2D eigenvalue weighted by molar-refractivity contribution is 0.327. The minimum atomic E-state index is -3.82. The second-order valence-corrected chi connectivity index (χ2v) is 13.6. The van der Waals surface area contributed by atoms with Crippen LogP contribution in [0.5, 0.6) is 0 Å². The van der Waals surface area contributed by atoms with Gasteiger partial charge in [-0.1, -0.05) is 94.7 Å². The van der Waals surface area contributed by atoms with Gasteiger partial charge in [0.25, 0.3) is 0 Å². The zero-order valence-electron chi connectivity index (χ0n) is 19.7. The fourth-order valence-corrected chi connectivity index (χ4v) is 10.2. The third kappa shape index (κ3) is 6.48. The summed E-state index contributed by atoms with van der Waals surface area (Å²) in [7, 11) is -7.63. The van der Waals surface area contributed by atoms with Gasteiger partial charge in [-0.25, -0.2) is 16.8 Å². The van der Waals surface area contributed by atoms with Crippen LogP contribution >= 0.6 is 0 Å². The van der Waals surface area contributed by atoms with Gasteiger partial charge in [-0.15, -0.1) is 0 Å². The highest BCUT2D eigenvalue weighted by Crippen LogP contribution is 2.39. The van der Waals surface area contributed by atoms with Crippen molar-refractivity contribution in [2.24, 2.45) is 5.92 Å². The fourth-order valence-electron chi connectivity index (χ4n) is 5.22. The number of rotatable bonds is 12. The lowest BCUT2D eigenvalue weighted by atomic mass is 9.85. The van der Waals surface area contributed by atoms with Gasteiger partial charge in [-0.2, -0.15) is 0 Å². The molecule has 0 N–H and O–H groups in total. The molecule has 0 spiro atoms. The molecule has 1 aliphatic carbocycles. The summed E-state index contributed by atoms with van der Waals surface area (Å²) in [4.78, 5) is 0.465. The van der Waals surface area contributed by atoms with E-state index in [4.69, 9.17) is 0 Å². The summed E-state index contributed by atoms with van der Waals surface area (Å²) in [5.41, 5.74) is 0. The number of hydrogen-bond donors (Lipinski definition) is 0. The van der Waals surface area contributed by atoms with Crippen molar-refractivity contribution in [1.82, 2.24) is 0 Å². The molecule has 0 amide bonds. The number of unbranched alkanes of at least 4 members (excludes halogenated alkanes) is 4. The van der Waals surface area contributed by atoms with E-state index in [0.717, 1.165) is 64.2 Å². The van der Waals surface area contributed by atoms with Gasteiger partial charge in [0.15, 0.2) is 19.7 Å². The highest BCUT2D eigenvalue weighted by atomic mass is 32.2. The van der Waals surface area contributed by atoms with Gasteiger partial charge in [0, 0.05) is 0 Å². The van der Waals surface area contributed by atoms with E-state index in [0.29, 0.717) is 6.42 Å². The largest absolute Gasteiger partial charge is 0.223 e. The smallest absolute Gasteiger partial charge is 0.182 e. The zero-order chi connectivity index (χ0) is 23.7. The van der Waals surface area contributed by atoms with E-state index in [1.54, 1.807) is 60.7 Å². The molecule has 3 rings (SSSR count). The molecular formula is C27H38O4S2. The summed E-state index contributed by atoms with van der Waals surface area (Å²) < 4.78 is 55.9. The van der Waals surface area contributed by atoms with Crippen molar-refractivity contribution in [2.45, 2.75) is 97.8 Å². The Balaban J connectivity index is 2.06. The summed E-state index contributed by atoms with van der Waals surface area (Å²) in [6, 6.07) is 16.9. The van der Waals surface area contributed by atoms with Crippen molar-refractivity contribution < 1.29 is 16.8 Å². The average molecular weight is 491 g/mol. The molecule has 2 aromatic carbocycles. The summed E-state index contributed by atoms with van der Waals surface area (Å²) >= 11 is 0. The Bertz CT molecular complexity index is 1040. The van der Waals surface area contributed by atoms with Crippen LogP contribution in [0.3, 0.4) is 0 Å². The van der Waals surface area contributed by atoms with Gasteiger partial charge in [-0.3, -0.25) is 0 Å². The van der Waals surface area contributed by atoms with Crippen molar-refractivity contribution >= 4 is 19.7 Å². The van der Waals surface area contributed by atoms with Crippen molar-refractivity contribution in [2.75, 3.05) is 0 Å². The molecule has 0 aromatic heterocycles. The first-order valence-corrected chi connectivity index (χ1v) is 15.6. The minimum absolute atomic E-state index is 0.136. The van der Waals surface area contributed by atoms with Crippen LogP contribution in [0.15, 0.2) is 70.5 Å². The molecule has 0 saturated heterocycles. The fraction of sp³-hybridized carbons (Fsp3) is 0.556. The van der Waals surface area contributed by atoms with E-state index in [1.807, 2.05) is 0 Å². The maximum atomic E-state index is 14.0. The molecule has 0 radical (unpaired) electrons. The Hall–Kier alpha value is -1.66. The molecule has 0 aliphatic heterocycles. The summed E-state index contributed by atoms with van der Waals surface area (Å²) in [6.07, 6.45) is 9.86. The summed E-state index contributed by atoms with van der Waals surface area (Å²) in [5, 5.41) is -1.86. The average Bonchev–Trinajstić information content (AvgIpc) is 2.84. The van der Waals surface area contributed by atoms with E-state index < -0.39 is 30.2 Å². The van der Waals surface area contributed by atoms with Gasteiger partial charge in [0.05, 0.1) is 20.3 Å². The molecule has 2 atom stereocenters. The van der Waals surface area contributed by atoms with Crippen molar-refractivity contribution in [3.8, 4) is 0 Å². The SMILES string of the molecule is CCCCCCC[C@@H]([C@@H](C1CCCCC1)S(=O)(=O)c1ccccc1)S(=O)(=O)c1ccccc1. The number of benzene rings is 2. The normalized spacial score (nSPS) is 17.5. The molecule has 1 aliphatic rings. The third-order valence-corrected chi connectivity index (χ3v) is 11.8. The predicted molar refractivity (Wildman–Crippen MR) is 135 cm³/mol. The highest BCUT2D eigenvalue weighted by molar-refractivity contribution is 7.96. The van der Waals surface area contributed by atoms with E-state index >= 15 is 0 Å². The topological polar surface area (TPSA) is 68.3 Å². The van der Waals surface area contributed by atoms with E-state index in [-0.39, 0.29) is 15.7 Å². The monoisotopic (exact) mass is 490 g/mol. The first kappa shape index (κ1) is 26.0. The van der Waals surface area contributed by atoms with E-state index in [9.17, 15) is 16.8 Å². The van der Waals surface area contributed by atoms with Gasteiger partial charge < -0.3 is 0 Å². The molecule has 2 aromatic rings. The Morgan fingerprint density at radius 2 is 1.21 bits per heavy atom. The second kappa shape index (κ2) is 12.2. The van der Waals surface area contributed by atoms with Gasteiger partial charge in [0.1, 0.15) is 0 Å². The molecule has 0 heterocycles. The Kier molecular flexibility index (Phi) is 9.57. The van der Waals surface area contributed by atoms with Crippen LogP contribution in [-0.4, -0.2) is 27.3 Å². The Morgan fingerprint density at radius 3 is 1.76 bits per heavy atom. The highest BCUT2D eigenvalue weighted by Gasteiger charge is 2.46. The lowest BCUT2D eigenvalue weighted by Crippen LogP contribution is -2.45. The summed E-state index contributed by atoms with van der Waals surface area (Å²) in [6.45, 7) is 2.15. The van der Waals surface area contributed by atoms with Crippen LogP contribution in [0, 0.1) is 5.92 Å². The van der Waals surface area contributed by atoms with Gasteiger partial charge >= 0.3 is 0 Å². The van der Waals surface area contributed by atoms with Crippen LogP contribution in [0.25, 0.3) is 0 Å². The molecule has 1 fully saturated rings.